The van der Waals surface area contributed by atoms with Crippen LogP contribution in [-0.2, 0) is 0 Å². The van der Waals surface area contributed by atoms with Crippen LogP contribution in [0.15, 0.2) is 0 Å². The first kappa shape index (κ1) is 12.4. The van der Waals surface area contributed by atoms with Crippen LogP contribution in [-0.4, -0.2) is 37.6 Å². The van der Waals surface area contributed by atoms with Crippen LogP contribution in [0.25, 0.3) is 0 Å². The molecule has 0 heterocycles. The average molecular weight is 224 g/mol. The van der Waals surface area contributed by atoms with Gasteiger partial charge in [-0.1, -0.05) is 12.8 Å². The van der Waals surface area contributed by atoms with Gasteiger partial charge in [0.05, 0.1) is 0 Å². The standard InChI is InChI=1S/C14H28N2/c1-12(14-7-8-14)16(2)10-9-15-11-13-5-3-4-6-13/h12-15H,3-11H2,1-2H3. The number of hydrogen-bond donors (Lipinski definition) is 1. The van der Waals surface area contributed by atoms with Gasteiger partial charge >= 0.3 is 0 Å². The number of nitrogens with one attached hydrogen (secondary N) is 1. The van der Waals surface area contributed by atoms with Crippen molar-refractivity contribution in [1.29, 1.82) is 0 Å². The molecule has 16 heavy (non-hydrogen) atoms. The van der Waals surface area contributed by atoms with Crippen molar-refractivity contribution < 1.29 is 0 Å². The molecule has 94 valence electrons. The third-order valence-corrected chi connectivity index (χ3v) is 4.55. The summed E-state index contributed by atoms with van der Waals surface area (Å²) in [6.07, 6.45) is 8.76. The van der Waals surface area contributed by atoms with Gasteiger partial charge in [0.15, 0.2) is 0 Å². The van der Waals surface area contributed by atoms with E-state index in [1.807, 2.05) is 0 Å². The van der Waals surface area contributed by atoms with Crippen LogP contribution in [0.3, 0.4) is 0 Å². The molecule has 1 atom stereocenters. The van der Waals surface area contributed by atoms with Gasteiger partial charge in [0, 0.05) is 19.1 Å². The number of likely N-dealkylation sites (N-methyl/N-ethyl adjacent to an activating group) is 1. The van der Waals surface area contributed by atoms with E-state index in [0.717, 1.165) is 17.9 Å². The smallest absolute Gasteiger partial charge is 0.0107 e. The first-order valence-corrected chi connectivity index (χ1v) is 7.18. The Morgan fingerprint density at radius 1 is 1.19 bits per heavy atom. The lowest BCUT2D eigenvalue weighted by Crippen LogP contribution is -2.37. The Hall–Kier alpha value is -0.0800. The van der Waals surface area contributed by atoms with Crippen molar-refractivity contribution in [3.8, 4) is 0 Å². The molecular weight excluding hydrogens is 196 g/mol. The van der Waals surface area contributed by atoms with Crippen LogP contribution in [0.2, 0.25) is 0 Å². The third kappa shape index (κ3) is 3.74. The summed E-state index contributed by atoms with van der Waals surface area (Å²) >= 11 is 0. The predicted molar refractivity (Wildman–Crippen MR) is 69.6 cm³/mol. The van der Waals surface area contributed by atoms with Crippen molar-refractivity contribution in [2.45, 2.75) is 51.5 Å². The Morgan fingerprint density at radius 3 is 2.50 bits per heavy atom. The molecule has 0 saturated heterocycles. The molecule has 1 unspecified atom stereocenters. The van der Waals surface area contributed by atoms with Crippen molar-refractivity contribution in [2.75, 3.05) is 26.7 Å². The van der Waals surface area contributed by atoms with E-state index >= 15 is 0 Å². The molecule has 2 nitrogen and oxygen atoms in total. The summed E-state index contributed by atoms with van der Waals surface area (Å²) in [7, 11) is 2.28. The molecule has 0 radical (unpaired) electrons. The Bertz CT molecular complexity index is 195. The zero-order chi connectivity index (χ0) is 11.4. The maximum atomic E-state index is 3.63. The molecule has 2 rings (SSSR count). The maximum Gasteiger partial charge on any atom is 0.0107 e. The van der Waals surface area contributed by atoms with Gasteiger partial charge < -0.3 is 10.2 Å². The van der Waals surface area contributed by atoms with Gasteiger partial charge in [-0.15, -0.1) is 0 Å². The molecule has 0 amide bonds. The molecule has 2 fully saturated rings. The molecule has 2 saturated carbocycles. The summed E-state index contributed by atoms with van der Waals surface area (Å²) in [5, 5.41) is 3.63. The Labute approximate surface area is 101 Å². The van der Waals surface area contributed by atoms with E-state index in [-0.39, 0.29) is 0 Å². The minimum Gasteiger partial charge on any atom is -0.315 e. The Morgan fingerprint density at radius 2 is 1.88 bits per heavy atom. The first-order chi connectivity index (χ1) is 7.77. The van der Waals surface area contributed by atoms with E-state index in [2.05, 4.69) is 24.2 Å². The molecule has 0 aromatic carbocycles. The van der Waals surface area contributed by atoms with Crippen LogP contribution in [0, 0.1) is 11.8 Å². The normalized spacial score (nSPS) is 24.2. The second kappa shape index (κ2) is 6.02. The van der Waals surface area contributed by atoms with Gasteiger partial charge in [0.25, 0.3) is 0 Å². The van der Waals surface area contributed by atoms with Crippen LogP contribution >= 0.6 is 0 Å². The number of rotatable bonds is 7. The van der Waals surface area contributed by atoms with Crippen molar-refractivity contribution in [3.05, 3.63) is 0 Å². The summed E-state index contributed by atoms with van der Waals surface area (Å²) in [6.45, 7) is 6.02. The zero-order valence-corrected chi connectivity index (χ0v) is 11.0. The van der Waals surface area contributed by atoms with Crippen LogP contribution < -0.4 is 5.32 Å². The van der Waals surface area contributed by atoms with Gasteiger partial charge in [-0.25, -0.2) is 0 Å². The SMILES string of the molecule is CC(C1CC1)N(C)CCNCC1CCCC1. The topological polar surface area (TPSA) is 15.3 Å². The van der Waals surface area contributed by atoms with Crippen molar-refractivity contribution >= 4 is 0 Å². The highest BCUT2D eigenvalue weighted by atomic mass is 15.1. The molecule has 0 aliphatic heterocycles. The van der Waals surface area contributed by atoms with Crippen molar-refractivity contribution in [3.63, 3.8) is 0 Å². The predicted octanol–water partition coefficient (Wildman–Crippen LogP) is 2.50. The second-order valence-electron chi connectivity index (χ2n) is 5.91. The molecule has 1 N–H and O–H groups in total. The van der Waals surface area contributed by atoms with E-state index in [9.17, 15) is 0 Å². The summed E-state index contributed by atoms with van der Waals surface area (Å²) in [4.78, 5) is 2.53. The monoisotopic (exact) mass is 224 g/mol. The maximum absolute atomic E-state index is 3.63. The highest BCUT2D eigenvalue weighted by Gasteiger charge is 2.30. The molecular formula is C14H28N2. The van der Waals surface area contributed by atoms with Gasteiger partial charge in [0.1, 0.15) is 0 Å². The summed E-state index contributed by atoms with van der Waals surface area (Å²) in [5.74, 6) is 1.98. The summed E-state index contributed by atoms with van der Waals surface area (Å²) < 4.78 is 0. The van der Waals surface area contributed by atoms with Gasteiger partial charge in [-0.05, 0) is 58.0 Å². The fourth-order valence-corrected chi connectivity index (χ4v) is 2.92. The number of hydrogen-bond acceptors (Lipinski definition) is 2. The molecule has 2 aliphatic carbocycles. The fourth-order valence-electron chi connectivity index (χ4n) is 2.92. The average Bonchev–Trinajstić information content (AvgIpc) is 3.01. The highest BCUT2D eigenvalue weighted by molar-refractivity contribution is 4.84. The zero-order valence-electron chi connectivity index (χ0n) is 11.0. The lowest BCUT2D eigenvalue weighted by molar-refractivity contribution is 0.233. The van der Waals surface area contributed by atoms with Crippen molar-refractivity contribution in [1.82, 2.24) is 10.2 Å². The third-order valence-electron chi connectivity index (χ3n) is 4.55. The molecule has 0 spiro atoms. The minimum atomic E-state index is 0.799. The molecule has 2 heteroatoms. The van der Waals surface area contributed by atoms with Crippen LogP contribution in [0.5, 0.6) is 0 Å². The van der Waals surface area contributed by atoms with Crippen LogP contribution in [0.4, 0.5) is 0 Å². The molecule has 0 bridgehead atoms. The minimum absolute atomic E-state index is 0.799. The van der Waals surface area contributed by atoms with E-state index in [1.54, 1.807) is 0 Å². The number of nitrogens with zero attached hydrogens (tertiary/aromatic N) is 1. The van der Waals surface area contributed by atoms with E-state index in [0.29, 0.717) is 0 Å². The molecule has 0 aromatic heterocycles. The van der Waals surface area contributed by atoms with Gasteiger partial charge in [0.2, 0.25) is 0 Å². The largest absolute Gasteiger partial charge is 0.315 e. The molecule has 2 aliphatic rings. The molecule has 0 aromatic rings. The van der Waals surface area contributed by atoms with Gasteiger partial charge in [-0.2, -0.15) is 0 Å². The summed E-state index contributed by atoms with van der Waals surface area (Å²) in [6, 6.07) is 0.799. The second-order valence-corrected chi connectivity index (χ2v) is 5.91. The first-order valence-electron chi connectivity index (χ1n) is 7.18. The van der Waals surface area contributed by atoms with Crippen molar-refractivity contribution in [2.24, 2.45) is 11.8 Å². The summed E-state index contributed by atoms with van der Waals surface area (Å²) in [5.41, 5.74) is 0. The highest BCUT2D eigenvalue weighted by Crippen LogP contribution is 2.34. The Kier molecular flexibility index (Phi) is 4.66. The quantitative estimate of drug-likeness (QED) is 0.668. The Balaban J connectivity index is 1.49. The van der Waals surface area contributed by atoms with E-state index in [1.165, 1.54) is 58.2 Å². The van der Waals surface area contributed by atoms with Crippen LogP contribution in [0.1, 0.15) is 45.4 Å². The van der Waals surface area contributed by atoms with E-state index < -0.39 is 0 Å². The lowest BCUT2D eigenvalue weighted by Gasteiger charge is -2.24. The van der Waals surface area contributed by atoms with E-state index in [4.69, 9.17) is 0 Å². The fraction of sp³-hybridized carbons (Fsp3) is 1.00. The lowest BCUT2D eigenvalue weighted by atomic mass is 10.1. The van der Waals surface area contributed by atoms with Gasteiger partial charge in [-0.3, -0.25) is 0 Å².